The van der Waals surface area contributed by atoms with Gasteiger partial charge in [-0.25, -0.2) is 4.99 Å². The maximum absolute atomic E-state index is 13.4. The maximum atomic E-state index is 13.4. The van der Waals surface area contributed by atoms with Gasteiger partial charge in [-0.3, -0.25) is 4.79 Å². The molecule has 1 aliphatic rings. The summed E-state index contributed by atoms with van der Waals surface area (Å²) < 4.78 is 12.8. The second kappa shape index (κ2) is 12.4. The minimum absolute atomic E-state index is 0.108. The Hall–Kier alpha value is -3.42. The first-order valence-electron chi connectivity index (χ1n) is 12.8. The number of anilines is 1. The lowest BCUT2D eigenvalue weighted by Gasteiger charge is -2.14. The van der Waals surface area contributed by atoms with Gasteiger partial charge in [0.2, 0.25) is 0 Å². The van der Waals surface area contributed by atoms with Crippen LogP contribution in [0.5, 0.6) is 11.5 Å². The molecule has 0 radical (unpaired) electrons. The second-order valence-corrected chi connectivity index (χ2v) is 10.9. The molecule has 1 aromatic heterocycles. The number of thiophene rings is 1. The average molecular weight is 590 g/mol. The zero-order chi connectivity index (χ0) is 26.3. The third-order valence-corrected chi connectivity index (χ3v) is 8.09. The Bertz CT molecular complexity index is 1430. The van der Waals surface area contributed by atoms with Crippen LogP contribution < -0.4 is 14.8 Å². The van der Waals surface area contributed by atoms with Crippen LogP contribution in [0.4, 0.5) is 10.7 Å². The van der Waals surface area contributed by atoms with Crippen molar-refractivity contribution >= 4 is 50.1 Å². The summed E-state index contributed by atoms with van der Waals surface area (Å²) in [5, 5.41) is 3.79. The Kier molecular flexibility index (Phi) is 8.56. The molecule has 0 unspecified atom stereocenters. The minimum atomic E-state index is -0.108. The highest BCUT2D eigenvalue weighted by Crippen LogP contribution is 2.41. The number of hydrogen-bond donors (Lipinski definition) is 1. The van der Waals surface area contributed by atoms with Crippen molar-refractivity contribution in [3.05, 3.63) is 104 Å². The van der Waals surface area contributed by atoms with Crippen molar-refractivity contribution in [1.82, 2.24) is 0 Å². The molecule has 0 atom stereocenters. The van der Waals surface area contributed by atoms with E-state index in [0.717, 1.165) is 57.5 Å². The molecule has 7 heteroatoms. The summed E-state index contributed by atoms with van der Waals surface area (Å²) in [6.07, 6.45) is 5.94. The average Bonchev–Trinajstić information content (AvgIpc) is 3.31. The number of carbonyl (C=O) groups excluding carboxylic acids is 1. The van der Waals surface area contributed by atoms with Crippen molar-refractivity contribution in [2.75, 3.05) is 11.9 Å². The molecule has 0 spiro atoms. The van der Waals surface area contributed by atoms with Gasteiger partial charge in [-0.2, -0.15) is 0 Å². The molecule has 0 bridgehead atoms. The zero-order valence-corrected chi connectivity index (χ0v) is 23.6. The van der Waals surface area contributed by atoms with Crippen molar-refractivity contribution in [3.63, 3.8) is 0 Å². The van der Waals surface area contributed by atoms with Gasteiger partial charge in [0.05, 0.1) is 16.6 Å². The Morgan fingerprint density at radius 3 is 2.53 bits per heavy atom. The fourth-order valence-corrected chi connectivity index (χ4v) is 6.32. The van der Waals surface area contributed by atoms with E-state index < -0.39 is 0 Å². The number of benzene rings is 3. The van der Waals surface area contributed by atoms with Crippen LogP contribution in [-0.2, 0) is 19.4 Å². The van der Waals surface area contributed by atoms with Crippen molar-refractivity contribution in [3.8, 4) is 11.5 Å². The number of hydrogen-bond acceptors (Lipinski definition) is 5. The highest BCUT2D eigenvalue weighted by atomic mass is 79.9. The zero-order valence-electron chi connectivity index (χ0n) is 21.2. The highest BCUT2D eigenvalue weighted by molar-refractivity contribution is 9.10. The highest BCUT2D eigenvalue weighted by Gasteiger charge is 2.25. The van der Waals surface area contributed by atoms with E-state index in [1.165, 1.54) is 4.88 Å². The Balaban J connectivity index is 1.43. The van der Waals surface area contributed by atoms with Gasteiger partial charge in [-0.1, -0.05) is 48.5 Å². The van der Waals surface area contributed by atoms with Crippen LogP contribution in [-0.4, -0.2) is 18.7 Å². The second-order valence-electron chi connectivity index (χ2n) is 9.01. The Morgan fingerprint density at radius 1 is 1.03 bits per heavy atom. The first-order valence-corrected chi connectivity index (χ1v) is 14.4. The topological polar surface area (TPSA) is 59.9 Å². The quantitative estimate of drug-likeness (QED) is 0.200. The van der Waals surface area contributed by atoms with E-state index in [1.807, 2.05) is 79.7 Å². The molecular weight excluding hydrogens is 560 g/mol. The first-order chi connectivity index (χ1) is 18.6. The molecule has 5 rings (SSSR count). The molecule has 1 heterocycles. The lowest BCUT2D eigenvalue weighted by molar-refractivity contribution is 0.102. The fraction of sp³-hybridized carbons (Fsp3) is 0.226. The number of aryl methyl sites for hydroxylation is 1. The third-order valence-electron chi connectivity index (χ3n) is 6.30. The van der Waals surface area contributed by atoms with Crippen molar-refractivity contribution < 1.29 is 14.3 Å². The number of nitrogens with zero attached hydrogens (tertiary/aromatic N) is 1. The van der Waals surface area contributed by atoms with Gasteiger partial charge < -0.3 is 14.8 Å². The number of nitrogens with one attached hydrogen (secondary N) is 1. The van der Waals surface area contributed by atoms with E-state index in [2.05, 4.69) is 21.2 Å². The van der Waals surface area contributed by atoms with Crippen LogP contribution in [0.25, 0.3) is 0 Å². The lowest BCUT2D eigenvalue weighted by atomic mass is 9.95. The third kappa shape index (κ3) is 6.17. The predicted molar refractivity (Wildman–Crippen MR) is 159 cm³/mol. The maximum Gasteiger partial charge on any atom is 0.259 e. The molecule has 1 amide bonds. The van der Waals surface area contributed by atoms with Crippen LogP contribution in [0.15, 0.2) is 82.3 Å². The standard InChI is InChI=1S/C31H29BrN2O3S/c1-2-36-26-18-22(17-25(32)29(26)37-20-21-11-5-3-6-12-21)19-33-31-28(24-15-9-10-16-27(24)38-31)30(35)34-23-13-7-4-8-14-23/h3-8,11-14,17-19H,2,9-10,15-16,20H2,1H3,(H,34,35). The summed E-state index contributed by atoms with van der Waals surface area (Å²) in [7, 11) is 0. The van der Waals surface area contributed by atoms with Crippen molar-refractivity contribution in [2.24, 2.45) is 4.99 Å². The van der Waals surface area contributed by atoms with Crippen LogP contribution >= 0.6 is 27.3 Å². The van der Waals surface area contributed by atoms with E-state index >= 15 is 0 Å². The van der Waals surface area contributed by atoms with Crippen LogP contribution in [0.2, 0.25) is 0 Å². The van der Waals surface area contributed by atoms with E-state index in [1.54, 1.807) is 17.6 Å². The van der Waals surface area contributed by atoms with Crippen molar-refractivity contribution in [2.45, 2.75) is 39.2 Å². The van der Waals surface area contributed by atoms with Gasteiger partial charge in [0.15, 0.2) is 11.5 Å². The van der Waals surface area contributed by atoms with Gasteiger partial charge in [0, 0.05) is 16.8 Å². The number of rotatable bonds is 9. The largest absolute Gasteiger partial charge is 0.490 e. The number of amides is 1. The molecule has 38 heavy (non-hydrogen) atoms. The van der Waals surface area contributed by atoms with Crippen molar-refractivity contribution in [1.29, 1.82) is 0 Å². The minimum Gasteiger partial charge on any atom is -0.490 e. The lowest BCUT2D eigenvalue weighted by Crippen LogP contribution is -2.14. The van der Waals surface area contributed by atoms with Crippen LogP contribution in [0.1, 0.15) is 51.7 Å². The summed E-state index contributed by atoms with van der Waals surface area (Å²) in [6, 6.07) is 23.5. The molecule has 0 saturated carbocycles. The molecule has 0 saturated heterocycles. The predicted octanol–water partition coefficient (Wildman–Crippen LogP) is 8.37. The van der Waals surface area contributed by atoms with Gasteiger partial charge in [0.25, 0.3) is 5.91 Å². The summed E-state index contributed by atoms with van der Waals surface area (Å²) in [5.41, 5.74) is 4.54. The molecule has 194 valence electrons. The summed E-state index contributed by atoms with van der Waals surface area (Å²) in [4.78, 5) is 19.5. The molecule has 5 nitrogen and oxygen atoms in total. The monoisotopic (exact) mass is 588 g/mol. The number of carbonyl (C=O) groups is 1. The van der Waals surface area contributed by atoms with Gasteiger partial charge in [-0.15, -0.1) is 11.3 Å². The molecule has 1 aliphatic carbocycles. The molecule has 0 aliphatic heterocycles. The normalized spacial score (nSPS) is 12.8. The van der Waals surface area contributed by atoms with Crippen LogP contribution in [0.3, 0.4) is 0 Å². The smallest absolute Gasteiger partial charge is 0.259 e. The Morgan fingerprint density at radius 2 is 1.76 bits per heavy atom. The Labute approximate surface area is 235 Å². The molecule has 0 fully saturated rings. The van der Waals surface area contributed by atoms with E-state index in [9.17, 15) is 4.79 Å². The SMILES string of the molecule is CCOc1cc(C=Nc2sc3c(c2C(=O)Nc2ccccc2)CCCC3)cc(Br)c1OCc1ccccc1. The van der Waals surface area contributed by atoms with Gasteiger partial charge >= 0.3 is 0 Å². The van der Waals surface area contributed by atoms with E-state index in [0.29, 0.717) is 30.3 Å². The number of aliphatic imine (C=N–C) groups is 1. The van der Waals surface area contributed by atoms with Gasteiger partial charge in [-0.05, 0) is 89.5 Å². The molecular formula is C31H29BrN2O3S. The molecule has 3 aromatic carbocycles. The number of para-hydroxylation sites is 1. The number of halogens is 1. The van der Waals surface area contributed by atoms with E-state index in [-0.39, 0.29) is 5.91 Å². The molecule has 1 N–H and O–H groups in total. The number of fused-ring (bicyclic) bond motifs is 1. The van der Waals surface area contributed by atoms with Gasteiger partial charge in [0.1, 0.15) is 11.6 Å². The van der Waals surface area contributed by atoms with E-state index in [4.69, 9.17) is 14.5 Å². The summed E-state index contributed by atoms with van der Waals surface area (Å²) in [5.74, 6) is 1.19. The fourth-order valence-electron chi connectivity index (χ4n) is 4.52. The van der Waals surface area contributed by atoms with Crippen LogP contribution in [0, 0.1) is 0 Å². The summed E-state index contributed by atoms with van der Waals surface area (Å²) >= 11 is 5.28. The summed E-state index contributed by atoms with van der Waals surface area (Å²) in [6.45, 7) is 2.90. The molecule has 4 aromatic rings. The number of ether oxygens (including phenoxy) is 2. The first kappa shape index (κ1) is 26.2.